The summed E-state index contributed by atoms with van der Waals surface area (Å²) in [4.78, 5) is 16.5. The Morgan fingerprint density at radius 1 is 1.31 bits per heavy atom. The van der Waals surface area contributed by atoms with E-state index in [2.05, 4.69) is 20.5 Å². The predicted octanol–water partition coefficient (Wildman–Crippen LogP) is 3.60. The summed E-state index contributed by atoms with van der Waals surface area (Å²) in [6, 6.07) is 14.9. The fourth-order valence-electron chi connectivity index (χ4n) is 2.19. The van der Waals surface area contributed by atoms with E-state index >= 15 is 0 Å². The average Bonchev–Trinajstić information content (AvgIpc) is 3.10. The van der Waals surface area contributed by atoms with Crippen LogP contribution in [0.2, 0.25) is 0 Å². The second-order valence-electron chi connectivity index (χ2n) is 5.39. The number of benzene rings is 2. The zero-order valence-electron chi connectivity index (χ0n) is 13.7. The van der Waals surface area contributed by atoms with Crippen molar-refractivity contribution in [2.24, 2.45) is 0 Å². The molecule has 0 spiro atoms. The highest BCUT2D eigenvalue weighted by molar-refractivity contribution is 8.00. The lowest BCUT2D eigenvalue weighted by molar-refractivity contribution is -0.115. The molecule has 0 saturated heterocycles. The highest BCUT2D eigenvalue weighted by Gasteiger charge is 2.18. The molecule has 0 saturated carbocycles. The van der Waals surface area contributed by atoms with Gasteiger partial charge in [-0.3, -0.25) is 9.89 Å². The molecule has 26 heavy (non-hydrogen) atoms. The van der Waals surface area contributed by atoms with Crippen LogP contribution >= 0.6 is 11.8 Å². The third-order valence-corrected chi connectivity index (χ3v) is 4.47. The number of hydrogen-bond acceptors (Lipinski definition) is 5. The lowest BCUT2D eigenvalue weighted by Crippen LogP contribution is -2.22. The van der Waals surface area contributed by atoms with Gasteiger partial charge in [0.15, 0.2) is 5.82 Å². The number of H-pyrrole nitrogens is 1. The number of halogens is 1. The zero-order chi connectivity index (χ0) is 18.5. The van der Waals surface area contributed by atoms with Gasteiger partial charge in [0.05, 0.1) is 22.4 Å². The fourth-order valence-corrected chi connectivity index (χ4v) is 2.92. The third kappa shape index (κ3) is 4.07. The van der Waals surface area contributed by atoms with Crippen molar-refractivity contribution in [3.63, 3.8) is 0 Å². The number of rotatable bonds is 5. The van der Waals surface area contributed by atoms with Crippen LogP contribution in [-0.4, -0.2) is 26.3 Å². The van der Waals surface area contributed by atoms with Gasteiger partial charge in [-0.15, -0.1) is 5.10 Å². The number of aromatic amines is 1. The molecule has 130 valence electrons. The molecule has 0 fully saturated rings. The lowest BCUT2D eigenvalue weighted by atomic mass is 10.2. The Bertz CT molecular complexity index is 981. The summed E-state index contributed by atoms with van der Waals surface area (Å²) >= 11 is 1.15. The molecule has 2 aromatic carbocycles. The summed E-state index contributed by atoms with van der Waals surface area (Å²) in [6.07, 6.45) is 0. The normalized spacial score (nSPS) is 11.6. The summed E-state index contributed by atoms with van der Waals surface area (Å²) in [5.41, 5.74) is 1.33. The minimum atomic E-state index is -0.481. The van der Waals surface area contributed by atoms with Crippen molar-refractivity contribution < 1.29 is 9.18 Å². The van der Waals surface area contributed by atoms with Crippen molar-refractivity contribution in [2.45, 2.75) is 17.3 Å². The van der Waals surface area contributed by atoms with E-state index in [1.807, 2.05) is 6.07 Å². The van der Waals surface area contributed by atoms with Gasteiger partial charge >= 0.3 is 0 Å². The van der Waals surface area contributed by atoms with E-state index < -0.39 is 11.1 Å². The zero-order valence-corrected chi connectivity index (χ0v) is 14.5. The molecule has 1 atom stereocenters. The summed E-state index contributed by atoms with van der Waals surface area (Å²) in [7, 11) is 0. The van der Waals surface area contributed by atoms with Gasteiger partial charge in [-0.2, -0.15) is 5.26 Å². The summed E-state index contributed by atoms with van der Waals surface area (Å²) in [5.74, 6) is -0.342. The lowest BCUT2D eigenvalue weighted by Gasteiger charge is -2.10. The summed E-state index contributed by atoms with van der Waals surface area (Å²) in [6.45, 7) is 1.72. The number of hydrogen-bond donors (Lipinski definition) is 2. The van der Waals surface area contributed by atoms with Gasteiger partial charge in [0, 0.05) is 5.69 Å². The minimum Gasteiger partial charge on any atom is -0.325 e. The third-order valence-electron chi connectivity index (χ3n) is 3.50. The maximum Gasteiger partial charge on any atom is 0.237 e. The number of nitrogens with zero attached hydrogens (tertiary/aromatic N) is 3. The molecular weight excluding hydrogens is 353 g/mol. The smallest absolute Gasteiger partial charge is 0.237 e. The molecule has 0 aliphatic carbocycles. The van der Waals surface area contributed by atoms with E-state index in [1.54, 1.807) is 49.4 Å². The van der Waals surface area contributed by atoms with E-state index in [1.165, 1.54) is 6.07 Å². The predicted molar refractivity (Wildman–Crippen MR) is 96.9 cm³/mol. The van der Waals surface area contributed by atoms with Gasteiger partial charge < -0.3 is 5.32 Å². The fraction of sp³-hybridized carbons (Fsp3) is 0.111. The van der Waals surface area contributed by atoms with Crippen LogP contribution in [0, 0.1) is 17.1 Å². The van der Waals surface area contributed by atoms with E-state index in [0.29, 0.717) is 27.8 Å². The SMILES string of the molecule is C[C@H](Sc1n[nH]c(-c2ccccc2F)n1)C(=O)Nc1cccc(C#N)c1. The molecule has 6 nitrogen and oxygen atoms in total. The van der Waals surface area contributed by atoms with Crippen molar-refractivity contribution in [1.29, 1.82) is 5.26 Å². The van der Waals surface area contributed by atoms with Crippen LogP contribution in [0.15, 0.2) is 53.7 Å². The van der Waals surface area contributed by atoms with Crippen molar-refractivity contribution in [3.8, 4) is 17.5 Å². The van der Waals surface area contributed by atoms with Gasteiger partial charge in [0.1, 0.15) is 5.82 Å². The largest absolute Gasteiger partial charge is 0.325 e. The van der Waals surface area contributed by atoms with Gasteiger partial charge in [-0.1, -0.05) is 30.0 Å². The van der Waals surface area contributed by atoms with E-state index in [4.69, 9.17) is 5.26 Å². The Balaban J connectivity index is 1.66. The number of amides is 1. The number of nitrogens with one attached hydrogen (secondary N) is 2. The molecule has 3 rings (SSSR count). The highest BCUT2D eigenvalue weighted by atomic mass is 32.2. The summed E-state index contributed by atoms with van der Waals surface area (Å²) < 4.78 is 13.8. The minimum absolute atomic E-state index is 0.248. The maximum absolute atomic E-state index is 13.8. The van der Waals surface area contributed by atoms with Crippen LogP contribution in [-0.2, 0) is 4.79 Å². The van der Waals surface area contributed by atoms with Crippen LogP contribution in [0.3, 0.4) is 0 Å². The van der Waals surface area contributed by atoms with E-state index in [0.717, 1.165) is 11.8 Å². The Labute approximate surface area is 153 Å². The maximum atomic E-state index is 13.8. The van der Waals surface area contributed by atoms with E-state index in [-0.39, 0.29) is 5.91 Å². The standard InChI is InChI=1S/C18H14FN5OS/c1-11(17(25)21-13-6-4-5-12(9-13)10-20)26-18-22-16(23-24-18)14-7-2-3-8-15(14)19/h2-9,11H,1H3,(H,21,25)(H,22,23,24)/t11-/m0/s1. The molecule has 1 heterocycles. The second-order valence-corrected chi connectivity index (χ2v) is 6.70. The number of carbonyl (C=O) groups excluding carboxylic acids is 1. The van der Waals surface area contributed by atoms with Crippen molar-refractivity contribution in [3.05, 3.63) is 59.9 Å². The monoisotopic (exact) mass is 367 g/mol. The molecule has 8 heteroatoms. The number of nitriles is 1. The first-order chi connectivity index (χ1) is 12.6. The molecule has 0 aliphatic heterocycles. The van der Waals surface area contributed by atoms with Crippen molar-refractivity contribution >= 4 is 23.4 Å². The Hall–Kier alpha value is -3.18. The Morgan fingerprint density at radius 3 is 2.88 bits per heavy atom. The van der Waals surface area contributed by atoms with Gasteiger partial charge in [-0.25, -0.2) is 9.37 Å². The molecule has 2 N–H and O–H groups in total. The molecule has 0 radical (unpaired) electrons. The molecular formula is C18H14FN5OS. The van der Waals surface area contributed by atoms with Crippen LogP contribution in [0.4, 0.5) is 10.1 Å². The number of aromatic nitrogens is 3. The van der Waals surface area contributed by atoms with Gasteiger partial charge in [-0.05, 0) is 37.3 Å². The first-order valence-electron chi connectivity index (χ1n) is 7.72. The van der Waals surface area contributed by atoms with E-state index in [9.17, 15) is 9.18 Å². The quantitative estimate of drug-likeness (QED) is 0.672. The van der Waals surface area contributed by atoms with Crippen LogP contribution in [0.25, 0.3) is 11.4 Å². The van der Waals surface area contributed by atoms with Crippen LogP contribution < -0.4 is 5.32 Å². The highest BCUT2D eigenvalue weighted by Crippen LogP contribution is 2.25. The average molecular weight is 367 g/mol. The van der Waals surface area contributed by atoms with Crippen LogP contribution in [0.1, 0.15) is 12.5 Å². The molecule has 1 aromatic heterocycles. The molecule has 0 unspecified atom stereocenters. The topological polar surface area (TPSA) is 94.5 Å². The van der Waals surface area contributed by atoms with Crippen molar-refractivity contribution in [1.82, 2.24) is 15.2 Å². The van der Waals surface area contributed by atoms with Crippen LogP contribution in [0.5, 0.6) is 0 Å². The first-order valence-corrected chi connectivity index (χ1v) is 8.60. The van der Waals surface area contributed by atoms with Gasteiger partial charge in [0.2, 0.25) is 11.1 Å². The molecule has 0 bridgehead atoms. The molecule has 3 aromatic rings. The summed E-state index contributed by atoms with van der Waals surface area (Å²) in [5, 5.41) is 18.2. The number of carbonyl (C=O) groups is 1. The molecule has 0 aliphatic rings. The second kappa shape index (κ2) is 7.80. The Kier molecular flexibility index (Phi) is 5.29. The number of thioether (sulfide) groups is 1. The number of anilines is 1. The first kappa shape index (κ1) is 17.6. The Morgan fingerprint density at radius 2 is 2.12 bits per heavy atom. The molecule has 1 amide bonds. The van der Waals surface area contributed by atoms with Crippen molar-refractivity contribution in [2.75, 3.05) is 5.32 Å². The van der Waals surface area contributed by atoms with Gasteiger partial charge in [0.25, 0.3) is 0 Å².